The molecule has 0 radical (unpaired) electrons. The van der Waals surface area contributed by atoms with Crippen molar-refractivity contribution in [3.8, 4) is 5.75 Å². The number of methoxy groups -OCH3 is 1. The van der Waals surface area contributed by atoms with E-state index in [0.717, 1.165) is 16.2 Å². The molecule has 1 aliphatic heterocycles. The minimum absolute atomic E-state index is 0.254. The molecule has 0 saturated heterocycles. The van der Waals surface area contributed by atoms with E-state index >= 15 is 0 Å². The van der Waals surface area contributed by atoms with Crippen LogP contribution in [0.15, 0.2) is 23.1 Å². The van der Waals surface area contributed by atoms with Gasteiger partial charge in [0, 0.05) is 10.6 Å². The minimum atomic E-state index is -0.705. The molecular weight excluding hydrogens is 212 g/mol. The van der Waals surface area contributed by atoms with E-state index in [-0.39, 0.29) is 5.92 Å². The van der Waals surface area contributed by atoms with Gasteiger partial charge in [-0.15, -0.1) is 11.8 Å². The maximum atomic E-state index is 10.8. The summed E-state index contributed by atoms with van der Waals surface area (Å²) in [6.07, 6.45) is 0.627. The summed E-state index contributed by atoms with van der Waals surface area (Å²) in [7, 11) is 1.63. The molecule has 2 rings (SSSR count). The van der Waals surface area contributed by atoms with Crippen molar-refractivity contribution < 1.29 is 14.6 Å². The molecule has 1 aliphatic rings. The van der Waals surface area contributed by atoms with Crippen LogP contribution in [-0.2, 0) is 11.2 Å². The fraction of sp³-hybridized carbons (Fsp3) is 0.364. The van der Waals surface area contributed by atoms with Crippen LogP contribution in [0.25, 0.3) is 0 Å². The van der Waals surface area contributed by atoms with Crippen LogP contribution < -0.4 is 4.74 Å². The lowest BCUT2D eigenvalue weighted by atomic mass is 10.0. The SMILES string of the molecule is COc1ccc2c(c1)SCC(C(=O)O)C2. The van der Waals surface area contributed by atoms with Crippen molar-refractivity contribution in [3.05, 3.63) is 23.8 Å². The number of carboxylic acid groups (broad SMARTS) is 1. The van der Waals surface area contributed by atoms with E-state index < -0.39 is 5.97 Å². The van der Waals surface area contributed by atoms with Crippen LogP contribution in [0.4, 0.5) is 0 Å². The van der Waals surface area contributed by atoms with E-state index in [1.54, 1.807) is 18.9 Å². The van der Waals surface area contributed by atoms with Crippen LogP contribution >= 0.6 is 11.8 Å². The molecular formula is C11H12O3S. The molecule has 4 heteroatoms. The van der Waals surface area contributed by atoms with Crippen LogP contribution in [0.1, 0.15) is 5.56 Å². The summed E-state index contributed by atoms with van der Waals surface area (Å²) >= 11 is 1.59. The molecule has 1 unspecified atom stereocenters. The normalized spacial score (nSPS) is 19.4. The Morgan fingerprint density at radius 2 is 2.40 bits per heavy atom. The second-order valence-electron chi connectivity index (χ2n) is 3.52. The molecule has 3 nitrogen and oxygen atoms in total. The quantitative estimate of drug-likeness (QED) is 0.835. The Balaban J connectivity index is 2.24. The number of hydrogen-bond donors (Lipinski definition) is 1. The van der Waals surface area contributed by atoms with Gasteiger partial charge in [0.1, 0.15) is 5.75 Å². The number of benzene rings is 1. The first-order valence-electron chi connectivity index (χ1n) is 4.73. The van der Waals surface area contributed by atoms with Gasteiger partial charge in [0.05, 0.1) is 13.0 Å². The molecule has 1 N–H and O–H groups in total. The van der Waals surface area contributed by atoms with Crippen molar-refractivity contribution >= 4 is 17.7 Å². The second kappa shape index (κ2) is 4.14. The molecule has 1 atom stereocenters. The van der Waals surface area contributed by atoms with E-state index in [4.69, 9.17) is 9.84 Å². The van der Waals surface area contributed by atoms with Crippen LogP contribution in [0.5, 0.6) is 5.75 Å². The van der Waals surface area contributed by atoms with E-state index in [0.29, 0.717) is 12.2 Å². The van der Waals surface area contributed by atoms with Crippen molar-refractivity contribution in [2.24, 2.45) is 5.92 Å². The Bertz CT molecular complexity index is 389. The molecule has 0 bridgehead atoms. The van der Waals surface area contributed by atoms with Crippen LogP contribution in [-0.4, -0.2) is 23.9 Å². The number of thioether (sulfide) groups is 1. The molecule has 0 amide bonds. The highest BCUT2D eigenvalue weighted by Gasteiger charge is 2.24. The highest BCUT2D eigenvalue weighted by atomic mass is 32.2. The van der Waals surface area contributed by atoms with Crippen LogP contribution in [0, 0.1) is 5.92 Å². The van der Waals surface area contributed by atoms with E-state index in [2.05, 4.69) is 0 Å². The van der Waals surface area contributed by atoms with Crippen molar-refractivity contribution in [3.63, 3.8) is 0 Å². The molecule has 1 heterocycles. The third kappa shape index (κ3) is 2.09. The zero-order valence-electron chi connectivity index (χ0n) is 8.40. The topological polar surface area (TPSA) is 46.5 Å². The molecule has 0 fully saturated rings. The zero-order valence-corrected chi connectivity index (χ0v) is 9.21. The predicted molar refractivity (Wildman–Crippen MR) is 58.5 cm³/mol. The van der Waals surface area contributed by atoms with Crippen molar-refractivity contribution in [1.82, 2.24) is 0 Å². The first kappa shape index (κ1) is 10.4. The molecule has 1 aromatic carbocycles. The van der Waals surface area contributed by atoms with Gasteiger partial charge in [-0.3, -0.25) is 4.79 Å². The lowest BCUT2D eigenvalue weighted by molar-refractivity contribution is -0.140. The van der Waals surface area contributed by atoms with E-state index in [9.17, 15) is 4.79 Å². The third-order valence-electron chi connectivity index (χ3n) is 2.53. The average molecular weight is 224 g/mol. The Hall–Kier alpha value is -1.16. The van der Waals surface area contributed by atoms with Gasteiger partial charge in [-0.1, -0.05) is 6.07 Å². The van der Waals surface area contributed by atoms with E-state index in [1.807, 2.05) is 18.2 Å². The van der Waals surface area contributed by atoms with Gasteiger partial charge in [0.15, 0.2) is 0 Å². The van der Waals surface area contributed by atoms with Gasteiger partial charge in [-0.2, -0.15) is 0 Å². The smallest absolute Gasteiger partial charge is 0.307 e. The van der Waals surface area contributed by atoms with Crippen LogP contribution in [0.3, 0.4) is 0 Å². The number of ether oxygens (including phenoxy) is 1. The van der Waals surface area contributed by atoms with Gasteiger partial charge >= 0.3 is 5.97 Å². The lowest BCUT2D eigenvalue weighted by Crippen LogP contribution is -2.22. The lowest BCUT2D eigenvalue weighted by Gasteiger charge is -2.21. The second-order valence-corrected chi connectivity index (χ2v) is 4.59. The summed E-state index contributed by atoms with van der Waals surface area (Å²) in [4.78, 5) is 12.0. The highest BCUT2D eigenvalue weighted by molar-refractivity contribution is 7.99. The van der Waals surface area contributed by atoms with Gasteiger partial charge in [0.25, 0.3) is 0 Å². The highest BCUT2D eigenvalue weighted by Crippen LogP contribution is 2.35. The summed E-state index contributed by atoms with van der Waals surface area (Å²) in [6.45, 7) is 0. The number of carbonyl (C=O) groups is 1. The van der Waals surface area contributed by atoms with Crippen molar-refractivity contribution in [2.75, 3.05) is 12.9 Å². The molecule has 0 saturated carbocycles. The minimum Gasteiger partial charge on any atom is -0.497 e. The first-order valence-corrected chi connectivity index (χ1v) is 5.72. The van der Waals surface area contributed by atoms with Gasteiger partial charge in [-0.25, -0.2) is 0 Å². The number of aliphatic carboxylic acids is 1. The summed E-state index contributed by atoms with van der Waals surface area (Å²) in [5, 5.41) is 8.93. The number of hydrogen-bond acceptors (Lipinski definition) is 3. The molecule has 80 valence electrons. The summed E-state index contributed by atoms with van der Waals surface area (Å²) in [5.41, 5.74) is 1.11. The standard InChI is InChI=1S/C11H12O3S/c1-14-9-3-2-7-4-8(11(12)13)6-15-10(7)5-9/h2-3,5,8H,4,6H2,1H3,(H,12,13). The van der Waals surface area contributed by atoms with Gasteiger partial charge in [-0.05, 0) is 24.1 Å². The van der Waals surface area contributed by atoms with E-state index in [1.165, 1.54) is 0 Å². The Morgan fingerprint density at radius 3 is 3.07 bits per heavy atom. The fourth-order valence-electron chi connectivity index (χ4n) is 1.64. The number of fused-ring (bicyclic) bond motifs is 1. The Labute approximate surface area is 92.4 Å². The van der Waals surface area contributed by atoms with Crippen molar-refractivity contribution in [1.29, 1.82) is 0 Å². The molecule has 0 aliphatic carbocycles. The summed E-state index contributed by atoms with van der Waals surface area (Å²) in [5.74, 6) is 0.519. The average Bonchev–Trinajstić information content (AvgIpc) is 2.27. The fourth-order valence-corrected chi connectivity index (χ4v) is 2.82. The Kier molecular flexibility index (Phi) is 2.86. The van der Waals surface area contributed by atoms with Gasteiger partial charge < -0.3 is 9.84 Å². The summed E-state index contributed by atoms with van der Waals surface area (Å²) in [6, 6.07) is 5.80. The number of rotatable bonds is 2. The maximum Gasteiger partial charge on any atom is 0.307 e. The molecule has 0 spiro atoms. The largest absolute Gasteiger partial charge is 0.497 e. The predicted octanol–water partition coefficient (Wildman–Crippen LogP) is 2.04. The van der Waals surface area contributed by atoms with Crippen molar-refractivity contribution in [2.45, 2.75) is 11.3 Å². The summed E-state index contributed by atoms with van der Waals surface area (Å²) < 4.78 is 5.12. The monoisotopic (exact) mass is 224 g/mol. The number of carboxylic acids is 1. The maximum absolute atomic E-state index is 10.8. The zero-order chi connectivity index (χ0) is 10.8. The third-order valence-corrected chi connectivity index (χ3v) is 3.79. The van der Waals surface area contributed by atoms with Crippen LogP contribution in [0.2, 0.25) is 0 Å². The molecule has 0 aromatic heterocycles. The van der Waals surface area contributed by atoms with Gasteiger partial charge in [0.2, 0.25) is 0 Å². The Morgan fingerprint density at radius 1 is 1.60 bits per heavy atom. The first-order chi connectivity index (χ1) is 7.20. The molecule has 15 heavy (non-hydrogen) atoms. The molecule has 1 aromatic rings.